The van der Waals surface area contributed by atoms with Crippen LogP contribution in [-0.4, -0.2) is 37.3 Å². The third kappa shape index (κ3) is 3.78. The molecule has 21 heavy (non-hydrogen) atoms. The third-order valence-electron chi connectivity index (χ3n) is 3.83. The van der Waals surface area contributed by atoms with Crippen molar-refractivity contribution in [3.63, 3.8) is 0 Å². The van der Waals surface area contributed by atoms with Crippen LogP contribution in [0.2, 0.25) is 0 Å². The zero-order valence-electron chi connectivity index (χ0n) is 11.6. The summed E-state index contributed by atoms with van der Waals surface area (Å²) in [5.74, 6) is 0.0276. The Labute approximate surface area is 123 Å². The van der Waals surface area contributed by atoms with Crippen LogP contribution < -0.4 is 5.73 Å². The topological polar surface area (TPSA) is 107 Å². The van der Waals surface area contributed by atoms with E-state index in [-0.39, 0.29) is 17.0 Å². The fourth-order valence-corrected chi connectivity index (χ4v) is 4.11. The Morgan fingerprint density at radius 2 is 1.90 bits per heavy atom. The molecule has 7 nitrogen and oxygen atoms in total. The van der Waals surface area contributed by atoms with Gasteiger partial charge in [0, 0.05) is 24.7 Å². The van der Waals surface area contributed by atoms with Crippen LogP contribution in [0.3, 0.4) is 0 Å². The molecule has 1 aromatic rings. The second-order valence-corrected chi connectivity index (χ2v) is 7.19. The van der Waals surface area contributed by atoms with Gasteiger partial charge in [-0.25, -0.2) is 12.7 Å². The van der Waals surface area contributed by atoms with Crippen molar-refractivity contribution in [3.8, 4) is 0 Å². The number of para-hydroxylation sites is 1. The van der Waals surface area contributed by atoms with Crippen LogP contribution in [0, 0.1) is 16.0 Å². The molecule has 0 bridgehead atoms. The SMILES string of the molecule is NCC1CCN(S(=O)(=O)Cc2ccccc2[N+](=O)[O-])CC1. The van der Waals surface area contributed by atoms with Gasteiger partial charge in [-0.05, 0) is 25.3 Å². The van der Waals surface area contributed by atoms with Gasteiger partial charge < -0.3 is 5.73 Å². The lowest BCUT2D eigenvalue weighted by Crippen LogP contribution is -2.40. The molecule has 0 amide bonds. The van der Waals surface area contributed by atoms with Crippen molar-refractivity contribution in [2.45, 2.75) is 18.6 Å². The maximum Gasteiger partial charge on any atom is 0.273 e. The van der Waals surface area contributed by atoms with Crippen molar-refractivity contribution in [2.75, 3.05) is 19.6 Å². The summed E-state index contributed by atoms with van der Waals surface area (Å²) >= 11 is 0. The van der Waals surface area contributed by atoms with E-state index < -0.39 is 14.9 Å². The first-order chi connectivity index (χ1) is 9.94. The van der Waals surface area contributed by atoms with Gasteiger partial charge in [-0.2, -0.15) is 0 Å². The lowest BCUT2D eigenvalue weighted by Gasteiger charge is -2.30. The van der Waals surface area contributed by atoms with Gasteiger partial charge in [0.15, 0.2) is 0 Å². The average Bonchev–Trinajstić information content (AvgIpc) is 2.47. The van der Waals surface area contributed by atoms with Crippen molar-refractivity contribution in [1.29, 1.82) is 0 Å². The van der Waals surface area contributed by atoms with Gasteiger partial charge in [0.25, 0.3) is 5.69 Å². The molecule has 2 rings (SSSR count). The molecule has 1 aliphatic heterocycles. The van der Waals surface area contributed by atoms with Crippen LogP contribution in [0.4, 0.5) is 5.69 Å². The number of nitro benzene ring substituents is 1. The minimum Gasteiger partial charge on any atom is -0.330 e. The zero-order valence-corrected chi connectivity index (χ0v) is 12.5. The highest BCUT2D eigenvalue weighted by Gasteiger charge is 2.29. The van der Waals surface area contributed by atoms with Gasteiger partial charge in [-0.15, -0.1) is 0 Å². The van der Waals surface area contributed by atoms with E-state index >= 15 is 0 Å². The number of hydrogen-bond acceptors (Lipinski definition) is 5. The molecule has 1 aromatic carbocycles. The van der Waals surface area contributed by atoms with Crippen LogP contribution in [0.1, 0.15) is 18.4 Å². The van der Waals surface area contributed by atoms with Crippen LogP contribution >= 0.6 is 0 Å². The van der Waals surface area contributed by atoms with E-state index in [2.05, 4.69) is 0 Å². The molecule has 0 aromatic heterocycles. The summed E-state index contributed by atoms with van der Waals surface area (Å²) in [7, 11) is -3.54. The Bertz CT molecular complexity index is 610. The molecule has 1 saturated heterocycles. The molecule has 0 radical (unpaired) electrons. The standard InChI is InChI=1S/C13H19N3O4S/c14-9-11-5-7-15(8-6-11)21(19,20)10-12-3-1-2-4-13(12)16(17)18/h1-4,11H,5-10,14H2. The average molecular weight is 313 g/mol. The van der Waals surface area contributed by atoms with Crippen molar-refractivity contribution in [1.82, 2.24) is 4.31 Å². The van der Waals surface area contributed by atoms with Gasteiger partial charge in [-0.1, -0.05) is 18.2 Å². The monoisotopic (exact) mass is 313 g/mol. The highest BCUT2D eigenvalue weighted by atomic mass is 32.2. The molecule has 0 atom stereocenters. The van der Waals surface area contributed by atoms with Crippen molar-refractivity contribution >= 4 is 15.7 Å². The first kappa shape index (κ1) is 15.9. The summed E-state index contributed by atoms with van der Waals surface area (Å²) in [6, 6.07) is 5.95. The van der Waals surface area contributed by atoms with E-state index in [0.717, 1.165) is 12.8 Å². The lowest BCUT2D eigenvalue weighted by atomic mass is 9.99. The van der Waals surface area contributed by atoms with Gasteiger partial charge >= 0.3 is 0 Å². The first-order valence-electron chi connectivity index (χ1n) is 6.84. The predicted octanol–water partition coefficient (Wildman–Crippen LogP) is 1.10. The van der Waals surface area contributed by atoms with Crippen LogP contribution in [0.5, 0.6) is 0 Å². The predicted molar refractivity (Wildman–Crippen MR) is 79.1 cm³/mol. The smallest absolute Gasteiger partial charge is 0.273 e. The summed E-state index contributed by atoms with van der Waals surface area (Å²) < 4.78 is 26.2. The van der Waals surface area contributed by atoms with Crippen molar-refractivity contribution in [3.05, 3.63) is 39.9 Å². The van der Waals surface area contributed by atoms with E-state index in [1.54, 1.807) is 6.07 Å². The summed E-state index contributed by atoms with van der Waals surface area (Å²) in [4.78, 5) is 10.4. The molecule has 0 aliphatic carbocycles. The maximum absolute atomic E-state index is 12.4. The van der Waals surface area contributed by atoms with Crippen molar-refractivity contribution in [2.24, 2.45) is 11.7 Å². The Hall–Kier alpha value is -1.51. The van der Waals surface area contributed by atoms with Crippen LogP contribution in [0.25, 0.3) is 0 Å². The molecule has 0 spiro atoms. The Balaban J connectivity index is 2.13. The highest BCUT2D eigenvalue weighted by Crippen LogP contribution is 2.24. The van der Waals surface area contributed by atoms with Gasteiger partial charge in [0.2, 0.25) is 10.0 Å². The maximum atomic E-state index is 12.4. The zero-order chi connectivity index (χ0) is 15.5. The summed E-state index contributed by atoms with van der Waals surface area (Å²) in [5, 5.41) is 10.9. The first-order valence-corrected chi connectivity index (χ1v) is 8.45. The molecular weight excluding hydrogens is 294 g/mol. The molecule has 0 saturated carbocycles. The number of rotatable bonds is 5. The van der Waals surface area contributed by atoms with Gasteiger partial charge in [-0.3, -0.25) is 10.1 Å². The normalized spacial score (nSPS) is 17.8. The van der Waals surface area contributed by atoms with E-state index in [1.807, 2.05) is 0 Å². The minimum atomic E-state index is -3.54. The molecule has 8 heteroatoms. The second-order valence-electron chi connectivity index (χ2n) is 5.22. The number of nitrogens with two attached hydrogens (primary N) is 1. The Kier molecular flexibility index (Phi) is 4.92. The third-order valence-corrected chi connectivity index (χ3v) is 5.65. The van der Waals surface area contributed by atoms with E-state index in [1.165, 1.54) is 22.5 Å². The quantitative estimate of drug-likeness (QED) is 0.647. The van der Waals surface area contributed by atoms with Crippen molar-refractivity contribution < 1.29 is 13.3 Å². The second kappa shape index (κ2) is 6.50. The fourth-order valence-electron chi connectivity index (χ4n) is 2.52. The number of piperidine rings is 1. The molecule has 1 heterocycles. The number of nitro groups is 1. The number of benzene rings is 1. The fraction of sp³-hybridized carbons (Fsp3) is 0.538. The molecule has 2 N–H and O–H groups in total. The largest absolute Gasteiger partial charge is 0.330 e. The summed E-state index contributed by atoms with van der Waals surface area (Å²) in [5.41, 5.74) is 5.66. The Morgan fingerprint density at radius 1 is 1.29 bits per heavy atom. The minimum absolute atomic E-state index is 0.155. The molecule has 1 fully saturated rings. The van der Waals surface area contributed by atoms with Crippen LogP contribution in [0.15, 0.2) is 24.3 Å². The Morgan fingerprint density at radius 3 is 2.48 bits per heavy atom. The summed E-state index contributed by atoms with van der Waals surface area (Å²) in [6.07, 6.45) is 1.49. The van der Waals surface area contributed by atoms with E-state index in [4.69, 9.17) is 5.73 Å². The molecule has 116 valence electrons. The molecule has 0 unspecified atom stereocenters. The van der Waals surface area contributed by atoms with Gasteiger partial charge in [0.1, 0.15) is 0 Å². The van der Waals surface area contributed by atoms with E-state index in [9.17, 15) is 18.5 Å². The van der Waals surface area contributed by atoms with E-state index in [0.29, 0.717) is 25.6 Å². The number of hydrogen-bond donors (Lipinski definition) is 1. The number of sulfonamides is 1. The highest BCUT2D eigenvalue weighted by molar-refractivity contribution is 7.88. The van der Waals surface area contributed by atoms with Crippen LogP contribution in [-0.2, 0) is 15.8 Å². The number of nitrogens with zero attached hydrogens (tertiary/aromatic N) is 2. The van der Waals surface area contributed by atoms with Gasteiger partial charge in [0.05, 0.1) is 10.7 Å². The lowest BCUT2D eigenvalue weighted by molar-refractivity contribution is -0.385. The molecule has 1 aliphatic rings. The molecular formula is C13H19N3O4S. The summed E-state index contributed by atoms with van der Waals surface area (Å²) in [6.45, 7) is 1.44.